The van der Waals surface area contributed by atoms with Gasteiger partial charge >= 0.3 is 0 Å². The molecule has 2 fully saturated rings. The second kappa shape index (κ2) is 10.9. The van der Waals surface area contributed by atoms with Gasteiger partial charge in [0, 0.05) is 10.6 Å². The molecule has 2 aliphatic rings. The Balaban J connectivity index is 1.32. The second-order valence-electron chi connectivity index (χ2n) is 9.77. The number of aliphatic hydroxyl groups excluding tert-OH is 4. The molecule has 3 aromatic rings. The van der Waals surface area contributed by atoms with E-state index in [0.717, 1.165) is 22.4 Å². The summed E-state index contributed by atoms with van der Waals surface area (Å²) in [5, 5.41) is 46.0. The smallest absolute Gasteiger partial charge is 0.225 e. The molecule has 5 atom stereocenters. The van der Waals surface area contributed by atoms with Gasteiger partial charge in [0.05, 0.1) is 18.9 Å². The van der Waals surface area contributed by atoms with Crippen molar-refractivity contribution in [2.24, 2.45) is 5.16 Å². The topological polar surface area (TPSA) is 130 Å². The molecule has 10 heteroatoms. The van der Waals surface area contributed by atoms with Crippen molar-refractivity contribution in [2.45, 2.75) is 43.0 Å². The number of hydrogen-bond acceptors (Lipinski definition) is 9. The van der Waals surface area contributed by atoms with Crippen LogP contribution in [0.3, 0.4) is 0 Å². The highest BCUT2D eigenvalue weighted by atomic mass is 35.5. The van der Waals surface area contributed by atoms with Gasteiger partial charge < -0.3 is 39.5 Å². The highest BCUT2D eigenvalue weighted by Gasteiger charge is 2.67. The molecule has 2 heterocycles. The summed E-state index contributed by atoms with van der Waals surface area (Å²) in [6.07, 6.45) is -4.20. The van der Waals surface area contributed by atoms with Crippen LogP contribution in [0.4, 0.5) is 0 Å². The summed E-state index contributed by atoms with van der Waals surface area (Å²) in [7, 11) is 1.51. The fraction of sp³-hybridized carbons (Fsp3) is 0.345. The molecule has 2 bridgehead atoms. The van der Waals surface area contributed by atoms with Crippen molar-refractivity contribution in [3.63, 3.8) is 0 Å². The van der Waals surface area contributed by atoms with Gasteiger partial charge in [0.15, 0.2) is 0 Å². The molecule has 3 aromatic carbocycles. The Bertz CT molecular complexity index is 1350. The third-order valence-electron chi connectivity index (χ3n) is 7.23. The summed E-state index contributed by atoms with van der Waals surface area (Å²) in [6.45, 7) is 1.09. The molecule has 0 saturated carbocycles. The minimum absolute atomic E-state index is 0.193. The van der Waals surface area contributed by atoms with Crippen molar-refractivity contribution in [1.82, 2.24) is 0 Å². The number of halogens is 1. The second-order valence-corrected chi connectivity index (χ2v) is 10.2. The van der Waals surface area contributed by atoms with Crippen LogP contribution in [-0.2, 0) is 26.5 Å². The zero-order valence-corrected chi connectivity index (χ0v) is 22.2. The van der Waals surface area contributed by atoms with Gasteiger partial charge in [-0.05, 0) is 78.6 Å². The maximum absolute atomic E-state index is 10.8. The lowest BCUT2D eigenvalue weighted by atomic mass is 9.83. The van der Waals surface area contributed by atoms with Crippen LogP contribution in [0.25, 0.3) is 0 Å². The van der Waals surface area contributed by atoms with Gasteiger partial charge in [-0.2, -0.15) is 0 Å². The van der Waals surface area contributed by atoms with E-state index in [-0.39, 0.29) is 6.61 Å². The Hall–Kier alpha value is -3.02. The molecule has 0 radical (unpaired) electrons. The van der Waals surface area contributed by atoms with Gasteiger partial charge in [-0.3, -0.25) is 0 Å². The molecule has 2 saturated heterocycles. The summed E-state index contributed by atoms with van der Waals surface area (Å²) < 4.78 is 17.7. The third kappa shape index (κ3) is 5.03. The Morgan fingerprint density at radius 1 is 1.00 bits per heavy atom. The first-order valence-electron chi connectivity index (χ1n) is 12.4. The fourth-order valence-corrected chi connectivity index (χ4v) is 5.17. The van der Waals surface area contributed by atoms with E-state index < -0.39 is 36.3 Å². The van der Waals surface area contributed by atoms with Crippen molar-refractivity contribution >= 4 is 17.3 Å². The lowest BCUT2D eigenvalue weighted by Gasteiger charge is -2.46. The SMILES string of the molecule is CO/N=C(/C)c1ccc(Oc2ccc(Cc3cc([C@@]45OC[C@](CO)(O4)[C@H](O)[C@H](O)[C@H]5O)ccc3Cl)cc2)cc1. The summed E-state index contributed by atoms with van der Waals surface area (Å²) in [6, 6.07) is 20.1. The van der Waals surface area contributed by atoms with Gasteiger partial charge in [0.1, 0.15) is 42.5 Å². The predicted octanol–water partition coefficient (Wildman–Crippen LogP) is 3.12. The summed E-state index contributed by atoms with van der Waals surface area (Å²) in [5.74, 6) is -0.402. The van der Waals surface area contributed by atoms with Crippen LogP contribution >= 0.6 is 11.6 Å². The van der Waals surface area contributed by atoms with Crippen LogP contribution < -0.4 is 4.74 Å². The highest BCUT2D eigenvalue weighted by molar-refractivity contribution is 6.31. The standard InChI is InChI=1S/C29H30ClNO8/c1-17(31-36-2)19-5-10-23(11-6-19)38-22-8-3-18(4-9-22)13-20-14-21(7-12-24(20)30)29-27(35)25(33)26(34)28(15-32,39-29)16-37-29/h3-12,14,25-27,32-35H,13,15-16H2,1-2H3/b31-17-/t25-,26+,27+,28-,29+/m0/s1. The van der Waals surface area contributed by atoms with Crippen molar-refractivity contribution in [2.75, 3.05) is 20.3 Å². The molecule has 4 N–H and O–H groups in total. The average molecular weight is 556 g/mol. The normalized spacial score (nSPS) is 28.4. The van der Waals surface area contributed by atoms with Crippen LogP contribution in [0.2, 0.25) is 5.02 Å². The summed E-state index contributed by atoms with van der Waals surface area (Å²) >= 11 is 6.51. The van der Waals surface area contributed by atoms with E-state index in [2.05, 4.69) is 5.16 Å². The fourth-order valence-electron chi connectivity index (χ4n) is 4.99. The Morgan fingerprint density at radius 3 is 2.31 bits per heavy atom. The van der Waals surface area contributed by atoms with Crippen molar-refractivity contribution in [3.8, 4) is 11.5 Å². The Labute approximate surface area is 230 Å². The first-order valence-corrected chi connectivity index (χ1v) is 12.8. The molecule has 2 aliphatic heterocycles. The molecule has 9 nitrogen and oxygen atoms in total. The van der Waals surface area contributed by atoms with E-state index >= 15 is 0 Å². The number of ether oxygens (including phenoxy) is 3. The molecule has 0 aromatic heterocycles. The van der Waals surface area contributed by atoms with E-state index in [4.69, 9.17) is 30.6 Å². The summed E-state index contributed by atoms with van der Waals surface area (Å²) in [5.41, 5.74) is 2.28. The van der Waals surface area contributed by atoms with Gasteiger partial charge in [0.2, 0.25) is 5.79 Å². The van der Waals surface area contributed by atoms with E-state index in [1.165, 1.54) is 7.11 Å². The zero-order chi connectivity index (χ0) is 27.8. The molecule has 39 heavy (non-hydrogen) atoms. The number of rotatable bonds is 8. The largest absolute Gasteiger partial charge is 0.457 e. The average Bonchev–Trinajstić information content (AvgIpc) is 3.34. The predicted molar refractivity (Wildman–Crippen MR) is 143 cm³/mol. The number of aliphatic hydroxyl groups is 4. The maximum Gasteiger partial charge on any atom is 0.225 e. The number of oxime groups is 1. The van der Waals surface area contributed by atoms with Crippen LogP contribution in [0.15, 0.2) is 71.9 Å². The molecule has 206 valence electrons. The van der Waals surface area contributed by atoms with E-state index in [9.17, 15) is 20.4 Å². The molecule has 0 unspecified atom stereocenters. The van der Waals surface area contributed by atoms with E-state index in [0.29, 0.717) is 28.5 Å². The highest BCUT2D eigenvalue weighted by Crippen LogP contribution is 2.49. The minimum atomic E-state index is -1.75. The minimum Gasteiger partial charge on any atom is -0.457 e. The van der Waals surface area contributed by atoms with Gasteiger partial charge in [-0.1, -0.05) is 35.0 Å². The molecule has 5 rings (SSSR count). The maximum atomic E-state index is 10.8. The van der Waals surface area contributed by atoms with Crippen molar-refractivity contribution < 1.29 is 39.5 Å². The number of fused-ring (bicyclic) bond motifs is 2. The lowest BCUT2D eigenvalue weighted by Crippen LogP contribution is -2.65. The number of hydrogen-bond donors (Lipinski definition) is 4. The van der Waals surface area contributed by atoms with Crippen molar-refractivity contribution in [3.05, 3.63) is 94.0 Å². The monoisotopic (exact) mass is 555 g/mol. The van der Waals surface area contributed by atoms with Gasteiger partial charge in [0.25, 0.3) is 0 Å². The number of nitrogens with zero attached hydrogens (tertiary/aromatic N) is 1. The number of benzene rings is 3. The molecule has 0 aliphatic carbocycles. The van der Waals surface area contributed by atoms with Crippen molar-refractivity contribution in [1.29, 1.82) is 0 Å². The van der Waals surface area contributed by atoms with Crippen LogP contribution in [-0.4, -0.2) is 70.4 Å². The van der Waals surface area contributed by atoms with Gasteiger partial charge in [-0.15, -0.1) is 0 Å². The van der Waals surface area contributed by atoms with Crippen LogP contribution in [0.5, 0.6) is 11.5 Å². The molecular formula is C29H30ClNO8. The van der Waals surface area contributed by atoms with Gasteiger partial charge in [-0.25, -0.2) is 0 Å². The summed E-state index contributed by atoms with van der Waals surface area (Å²) in [4.78, 5) is 4.81. The molecule has 0 amide bonds. The van der Waals surface area contributed by atoms with Crippen LogP contribution in [0.1, 0.15) is 29.2 Å². The quantitative estimate of drug-likeness (QED) is 0.246. The third-order valence-corrected chi connectivity index (χ3v) is 7.60. The Kier molecular flexibility index (Phi) is 7.67. The van der Waals surface area contributed by atoms with E-state index in [1.54, 1.807) is 18.2 Å². The molecular weight excluding hydrogens is 526 g/mol. The molecule has 0 spiro atoms. The Morgan fingerprint density at radius 2 is 1.67 bits per heavy atom. The lowest BCUT2D eigenvalue weighted by molar-refractivity contribution is -0.329. The first-order chi connectivity index (χ1) is 18.7. The van der Waals surface area contributed by atoms with E-state index in [1.807, 2.05) is 55.5 Å². The first kappa shape index (κ1) is 27.5. The zero-order valence-electron chi connectivity index (χ0n) is 21.5. The van der Waals surface area contributed by atoms with Crippen LogP contribution in [0, 0.1) is 0 Å².